The molecule has 1 heterocycles. The topological polar surface area (TPSA) is 76.5 Å². The van der Waals surface area contributed by atoms with E-state index < -0.39 is 11.9 Å². The number of aromatic nitrogens is 1. The van der Waals surface area contributed by atoms with E-state index in [2.05, 4.69) is 9.72 Å². The number of benzene rings is 1. The van der Waals surface area contributed by atoms with Crippen molar-refractivity contribution in [2.45, 2.75) is 0 Å². The fourth-order valence-electron chi connectivity index (χ4n) is 1.64. The monoisotopic (exact) mass is 291 g/mol. The molecule has 0 amide bonds. The first-order valence-electron chi connectivity index (χ1n) is 5.60. The van der Waals surface area contributed by atoms with Gasteiger partial charge in [0.25, 0.3) is 0 Å². The predicted octanol–water partition coefficient (Wildman–Crippen LogP) is 2.89. The minimum atomic E-state index is -1.05. The van der Waals surface area contributed by atoms with Gasteiger partial charge in [0, 0.05) is 11.8 Å². The standard InChI is InChI=1S/C14H10ClNO4/c1-20-14(19)10-6-8(2-4-11(10)15)12-5-3-9(7-16-12)13(17)18/h2-7H,1H3,(H,17,18). The molecule has 0 bridgehead atoms. The number of esters is 1. The summed E-state index contributed by atoms with van der Waals surface area (Å²) in [6.07, 6.45) is 1.25. The summed E-state index contributed by atoms with van der Waals surface area (Å²) in [5, 5.41) is 9.09. The number of carboxylic acids is 1. The quantitative estimate of drug-likeness (QED) is 0.880. The first kappa shape index (κ1) is 14.0. The number of methoxy groups -OCH3 is 1. The highest BCUT2D eigenvalue weighted by Gasteiger charge is 2.13. The SMILES string of the molecule is COC(=O)c1cc(-c2ccc(C(=O)O)cn2)ccc1Cl. The van der Waals surface area contributed by atoms with Crippen molar-refractivity contribution in [2.24, 2.45) is 0 Å². The van der Waals surface area contributed by atoms with Crippen LogP contribution in [0.4, 0.5) is 0 Å². The van der Waals surface area contributed by atoms with E-state index in [9.17, 15) is 9.59 Å². The van der Waals surface area contributed by atoms with Crippen molar-refractivity contribution in [3.63, 3.8) is 0 Å². The third-order valence-electron chi connectivity index (χ3n) is 2.68. The van der Waals surface area contributed by atoms with Crippen molar-refractivity contribution in [3.8, 4) is 11.3 Å². The lowest BCUT2D eigenvalue weighted by Crippen LogP contribution is -2.02. The molecule has 6 heteroatoms. The maximum absolute atomic E-state index is 11.6. The van der Waals surface area contributed by atoms with Crippen molar-refractivity contribution in [2.75, 3.05) is 7.11 Å². The second-order valence-corrected chi connectivity index (χ2v) is 4.33. The van der Waals surface area contributed by atoms with Gasteiger partial charge in [-0.05, 0) is 24.3 Å². The molecule has 0 saturated carbocycles. The van der Waals surface area contributed by atoms with E-state index in [1.807, 2.05) is 0 Å². The highest BCUT2D eigenvalue weighted by atomic mass is 35.5. The minimum Gasteiger partial charge on any atom is -0.478 e. The molecule has 0 fully saturated rings. The molecule has 0 radical (unpaired) electrons. The molecule has 0 aliphatic carbocycles. The van der Waals surface area contributed by atoms with Gasteiger partial charge < -0.3 is 9.84 Å². The Morgan fingerprint density at radius 2 is 2.00 bits per heavy atom. The third-order valence-corrected chi connectivity index (χ3v) is 3.01. The first-order chi connectivity index (χ1) is 9.52. The van der Waals surface area contributed by atoms with Crippen LogP contribution in [0, 0.1) is 0 Å². The molecule has 0 aliphatic heterocycles. The number of rotatable bonds is 3. The van der Waals surface area contributed by atoms with Gasteiger partial charge in [0.05, 0.1) is 29.0 Å². The van der Waals surface area contributed by atoms with Crippen LogP contribution in [-0.2, 0) is 4.74 Å². The number of pyridine rings is 1. The number of carboxylic acid groups (broad SMARTS) is 1. The molecule has 0 aliphatic rings. The zero-order valence-corrected chi connectivity index (χ0v) is 11.2. The van der Waals surface area contributed by atoms with Crippen molar-refractivity contribution in [3.05, 3.63) is 52.7 Å². The molecule has 102 valence electrons. The Morgan fingerprint density at radius 1 is 1.25 bits per heavy atom. The molecule has 2 rings (SSSR count). The van der Waals surface area contributed by atoms with Gasteiger partial charge >= 0.3 is 11.9 Å². The Balaban J connectivity index is 2.42. The van der Waals surface area contributed by atoms with Crippen LogP contribution in [0.3, 0.4) is 0 Å². The molecule has 2 aromatic rings. The van der Waals surface area contributed by atoms with Crippen molar-refractivity contribution in [1.29, 1.82) is 0 Å². The van der Waals surface area contributed by atoms with Crippen LogP contribution in [-0.4, -0.2) is 29.1 Å². The zero-order valence-electron chi connectivity index (χ0n) is 10.5. The second kappa shape index (κ2) is 5.71. The lowest BCUT2D eigenvalue weighted by Gasteiger charge is -2.06. The number of ether oxygens (including phenoxy) is 1. The maximum Gasteiger partial charge on any atom is 0.339 e. The zero-order chi connectivity index (χ0) is 14.7. The molecule has 0 unspecified atom stereocenters. The van der Waals surface area contributed by atoms with Crippen LogP contribution < -0.4 is 0 Å². The molecule has 20 heavy (non-hydrogen) atoms. The van der Waals surface area contributed by atoms with Gasteiger partial charge in [-0.15, -0.1) is 0 Å². The number of hydrogen-bond donors (Lipinski definition) is 1. The van der Waals surface area contributed by atoms with Gasteiger partial charge in [-0.25, -0.2) is 9.59 Å². The lowest BCUT2D eigenvalue weighted by atomic mass is 10.1. The van der Waals surface area contributed by atoms with Crippen LogP contribution in [0.5, 0.6) is 0 Å². The van der Waals surface area contributed by atoms with E-state index in [1.165, 1.54) is 19.4 Å². The number of halogens is 1. The van der Waals surface area contributed by atoms with Crippen molar-refractivity contribution < 1.29 is 19.4 Å². The fourth-order valence-corrected chi connectivity index (χ4v) is 1.84. The number of hydrogen-bond acceptors (Lipinski definition) is 4. The van der Waals surface area contributed by atoms with E-state index in [1.54, 1.807) is 24.3 Å². The predicted molar refractivity (Wildman–Crippen MR) is 73.0 cm³/mol. The largest absolute Gasteiger partial charge is 0.478 e. The summed E-state index contributed by atoms with van der Waals surface area (Å²) in [5.41, 5.74) is 1.51. The van der Waals surface area contributed by atoms with Gasteiger partial charge in [-0.3, -0.25) is 4.98 Å². The maximum atomic E-state index is 11.6. The smallest absolute Gasteiger partial charge is 0.339 e. The summed E-state index contributed by atoms with van der Waals surface area (Å²) in [6.45, 7) is 0. The Hall–Kier alpha value is -2.40. The first-order valence-corrected chi connectivity index (χ1v) is 5.98. The number of aromatic carboxylic acids is 1. The number of nitrogens with zero attached hydrogens (tertiary/aromatic N) is 1. The van der Waals surface area contributed by atoms with E-state index in [-0.39, 0.29) is 16.1 Å². The Labute approximate surface area is 119 Å². The lowest BCUT2D eigenvalue weighted by molar-refractivity contribution is 0.0600. The van der Waals surface area contributed by atoms with Crippen LogP contribution >= 0.6 is 11.6 Å². The van der Waals surface area contributed by atoms with Crippen molar-refractivity contribution >= 4 is 23.5 Å². The molecule has 1 N–H and O–H groups in total. The summed E-state index contributed by atoms with van der Waals surface area (Å²) >= 11 is 5.93. The normalized spacial score (nSPS) is 10.1. The molecule has 1 aromatic heterocycles. The molecular formula is C14H10ClNO4. The summed E-state index contributed by atoms with van der Waals surface area (Å²) in [6, 6.07) is 7.81. The second-order valence-electron chi connectivity index (χ2n) is 3.92. The third kappa shape index (κ3) is 2.78. The molecule has 5 nitrogen and oxygen atoms in total. The van der Waals surface area contributed by atoms with Gasteiger partial charge in [0.2, 0.25) is 0 Å². The van der Waals surface area contributed by atoms with Crippen LogP contribution in [0.1, 0.15) is 20.7 Å². The Morgan fingerprint density at radius 3 is 2.55 bits per heavy atom. The van der Waals surface area contributed by atoms with Crippen LogP contribution in [0.2, 0.25) is 5.02 Å². The van der Waals surface area contributed by atoms with Gasteiger partial charge in [0.1, 0.15) is 0 Å². The Kier molecular flexibility index (Phi) is 4.00. The van der Waals surface area contributed by atoms with E-state index in [4.69, 9.17) is 16.7 Å². The molecular weight excluding hydrogens is 282 g/mol. The molecule has 1 aromatic carbocycles. The summed E-state index contributed by atoms with van der Waals surface area (Å²) in [4.78, 5) is 26.4. The molecule has 0 spiro atoms. The van der Waals surface area contributed by atoms with E-state index in [0.717, 1.165) is 0 Å². The van der Waals surface area contributed by atoms with Crippen molar-refractivity contribution in [1.82, 2.24) is 4.98 Å². The average Bonchev–Trinajstić information content (AvgIpc) is 2.47. The van der Waals surface area contributed by atoms with Gasteiger partial charge in [0.15, 0.2) is 0 Å². The minimum absolute atomic E-state index is 0.0934. The van der Waals surface area contributed by atoms with Gasteiger partial charge in [-0.1, -0.05) is 17.7 Å². The average molecular weight is 292 g/mol. The molecule has 0 saturated heterocycles. The van der Waals surface area contributed by atoms with E-state index in [0.29, 0.717) is 11.3 Å². The number of carbonyl (C=O) groups excluding carboxylic acids is 1. The summed E-state index contributed by atoms with van der Waals surface area (Å²) in [5.74, 6) is -1.59. The van der Waals surface area contributed by atoms with Crippen LogP contribution in [0.15, 0.2) is 36.5 Å². The van der Waals surface area contributed by atoms with Crippen LogP contribution in [0.25, 0.3) is 11.3 Å². The summed E-state index contributed by atoms with van der Waals surface area (Å²) in [7, 11) is 1.27. The Bertz CT molecular complexity index is 667. The van der Waals surface area contributed by atoms with E-state index >= 15 is 0 Å². The highest BCUT2D eigenvalue weighted by molar-refractivity contribution is 6.33. The summed E-state index contributed by atoms with van der Waals surface area (Å²) < 4.78 is 4.64. The number of carbonyl (C=O) groups is 2. The van der Waals surface area contributed by atoms with Gasteiger partial charge in [-0.2, -0.15) is 0 Å². The fraction of sp³-hybridized carbons (Fsp3) is 0.0714. The molecule has 0 atom stereocenters. The highest BCUT2D eigenvalue weighted by Crippen LogP contribution is 2.24.